The smallest absolute Gasteiger partial charge is 0.123 e. The van der Waals surface area contributed by atoms with Crippen LogP contribution in [-0.4, -0.2) is 6.54 Å². The van der Waals surface area contributed by atoms with Crippen LogP contribution in [0.1, 0.15) is 44.7 Å². The summed E-state index contributed by atoms with van der Waals surface area (Å²) >= 11 is 6.10. The van der Waals surface area contributed by atoms with Crippen LogP contribution in [-0.2, 0) is 0 Å². The fourth-order valence-corrected chi connectivity index (χ4v) is 2.05. The first kappa shape index (κ1) is 13.5. The summed E-state index contributed by atoms with van der Waals surface area (Å²) in [5.74, 6) is -0.223. The molecule has 90 valence electrons. The highest BCUT2D eigenvalue weighted by Gasteiger charge is 2.13. The number of nitrogens with one attached hydrogen (secondary N) is 1. The lowest BCUT2D eigenvalue weighted by molar-refractivity contribution is 0.491. The summed E-state index contributed by atoms with van der Waals surface area (Å²) < 4.78 is 13.2. The largest absolute Gasteiger partial charge is 0.310 e. The van der Waals surface area contributed by atoms with E-state index in [-0.39, 0.29) is 11.9 Å². The van der Waals surface area contributed by atoms with Crippen molar-refractivity contribution in [2.24, 2.45) is 0 Å². The van der Waals surface area contributed by atoms with Crippen LogP contribution in [0.2, 0.25) is 5.02 Å². The number of hydrogen-bond acceptors (Lipinski definition) is 1. The molecule has 3 heteroatoms. The Bertz CT molecular complexity index is 328. The standard InChI is InChI=1S/C13H19ClFN/c1-3-5-6-13(16-4-2)11-9-10(15)7-8-12(11)14/h7-9,13,16H,3-6H2,1-2H3. The van der Waals surface area contributed by atoms with E-state index in [1.807, 2.05) is 6.92 Å². The Hall–Kier alpha value is -0.600. The van der Waals surface area contributed by atoms with Gasteiger partial charge in [0.05, 0.1) is 0 Å². The predicted octanol–water partition coefficient (Wildman–Crippen LogP) is 4.32. The van der Waals surface area contributed by atoms with Gasteiger partial charge in [0.1, 0.15) is 5.82 Å². The van der Waals surface area contributed by atoms with Crippen LogP contribution in [0.3, 0.4) is 0 Å². The third-order valence-electron chi connectivity index (χ3n) is 2.63. The van der Waals surface area contributed by atoms with Gasteiger partial charge in [-0.2, -0.15) is 0 Å². The van der Waals surface area contributed by atoms with Crippen LogP contribution >= 0.6 is 11.6 Å². The third kappa shape index (κ3) is 3.76. The van der Waals surface area contributed by atoms with Crippen LogP contribution in [0, 0.1) is 5.82 Å². The first-order valence-electron chi connectivity index (χ1n) is 5.87. The summed E-state index contributed by atoms with van der Waals surface area (Å²) in [7, 11) is 0. The maximum atomic E-state index is 13.2. The summed E-state index contributed by atoms with van der Waals surface area (Å²) in [6, 6.07) is 4.72. The zero-order valence-electron chi connectivity index (χ0n) is 9.89. The Kier molecular flexibility index (Phi) is 5.78. The molecular weight excluding hydrogens is 225 g/mol. The maximum Gasteiger partial charge on any atom is 0.123 e. The Labute approximate surface area is 102 Å². The molecule has 0 aliphatic carbocycles. The Morgan fingerprint density at radius 1 is 1.38 bits per heavy atom. The summed E-state index contributed by atoms with van der Waals surface area (Å²) in [5, 5.41) is 3.99. The molecule has 1 N–H and O–H groups in total. The highest BCUT2D eigenvalue weighted by molar-refractivity contribution is 6.31. The first-order chi connectivity index (χ1) is 7.69. The van der Waals surface area contributed by atoms with Crippen molar-refractivity contribution in [2.45, 2.75) is 39.2 Å². The highest BCUT2D eigenvalue weighted by atomic mass is 35.5. The van der Waals surface area contributed by atoms with Gasteiger partial charge in [-0.25, -0.2) is 4.39 Å². The van der Waals surface area contributed by atoms with E-state index in [2.05, 4.69) is 12.2 Å². The van der Waals surface area contributed by atoms with Gasteiger partial charge >= 0.3 is 0 Å². The molecule has 0 fully saturated rings. The lowest BCUT2D eigenvalue weighted by Crippen LogP contribution is -2.21. The van der Waals surface area contributed by atoms with E-state index in [9.17, 15) is 4.39 Å². The van der Waals surface area contributed by atoms with E-state index in [4.69, 9.17) is 11.6 Å². The van der Waals surface area contributed by atoms with Crippen molar-refractivity contribution in [1.29, 1.82) is 0 Å². The molecule has 0 amide bonds. The number of halogens is 2. The van der Waals surface area contributed by atoms with Gasteiger partial charge < -0.3 is 5.32 Å². The van der Waals surface area contributed by atoms with Crippen molar-refractivity contribution in [3.05, 3.63) is 34.6 Å². The van der Waals surface area contributed by atoms with Gasteiger partial charge in [-0.05, 0) is 36.7 Å². The van der Waals surface area contributed by atoms with E-state index in [0.29, 0.717) is 5.02 Å². The number of benzene rings is 1. The second-order valence-electron chi connectivity index (χ2n) is 3.92. The highest BCUT2D eigenvalue weighted by Crippen LogP contribution is 2.27. The van der Waals surface area contributed by atoms with Gasteiger partial charge in [0, 0.05) is 11.1 Å². The zero-order valence-corrected chi connectivity index (χ0v) is 10.6. The molecule has 1 atom stereocenters. The normalized spacial score (nSPS) is 12.8. The SMILES string of the molecule is CCCCC(NCC)c1cc(F)ccc1Cl. The topological polar surface area (TPSA) is 12.0 Å². The van der Waals surface area contributed by atoms with Crippen molar-refractivity contribution in [1.82, 2.24) is 5.32 Å². The van der Waals surface area contributed by atoms with Crippen molar-refractivity contribution < 1.29 is 4.39 Å². The lowest BCUT2D eigenvalue weighted by atomic mass is 10.0. The summed E-state index contributed by atoms with van der Waals surface area (Å²) in [6.45, 7) is 5.06. The Morgan fingerprint density at radius 3 is 2.75 bits per heavy atom. The first-order valence-corrected chi connectivity index (χ1v) is 6.25. The number of unbranched alkanes of at least 4 members (excludes halogenated alkanes) is 1. The van der Waals surface area contributed by atoms with Crippen LogP contribution in [0.4, 0.5) is 4.39 Å². The molecule has 0 bridgehead atoms. The second-order valence-corrected chi connectivity index (χ2v) is 4.33. The molecule has 0 saturated heterocycles. The minimum absolute atomic E-state index is 0.160. The predicted molar refractivity (Wildman–Crippen MR) is 67.4 cm³/mol. The summed E-state index contributed by atoms with van der Waals surface area (Å²) in [4.78, 5) is 0. The monoisotopic (exact) mass is 243 g/mol. The molecule has 1 aromatic rings. The van der Waals surface area contributed by atoms with Crippen molar-refractivity contribution >= 4 is 11.6 Å². The van der Waals surface area contributed by atoms with Gasteiger partial charge in [0.25, 0.3) is 0 Å². The van der Waals surface area contributed by atoms with Crippen LogP contribution in [0.15, 0.2) is 18.2 Å². The lowest BCUT2D eigenvalue weighted by Gasteiger charge is -2.19. The minimum Gasteiger partial charge on any atom is -0.310 e. The molecule has 0 saturated carbocycles. The van der Waals surface area contributed by atoms with E-state index in [0.717, 1.165) is 31.4 Å². The fourth-order valence-electron chi connectivity index (χ4n) is 1.80. The molecule has 1 rings (SSSR count). The molecule has 0 spiro atoms. The molecule has 1 nitrogen and oxygen atoms in total. The van der Waals surface area contributed by atoms with Gasteiger partial charge in [-0.15, -0.1) is 0 Å². The van der Waals surface area contributed by atoms with Crippen molar-refractivity contribution in [3.8, 4) is 0 Å². The zero-order chi connectivity index (χ0) is 12.0. The van der Waals surface area contributed by atoms with Gasteiger partial charge in [-0.1, -0.05) is 38.3 Å². The average Bonchev–Trinajstić information content (AvgIpc) is 2.28. The molecule has 0 heterocycles. The molecule has 1 aromatic carbocycles. The molecule has 0 aromatic heterocycles. The molecular formula is C13H19ClFN. The summed E-state index contributed by atoms with van der Waals surface area (Å²) in [5.41, 5.74) is 0.872. The quantitative estimate of drug-likeness (QED) is 0.785. The second kappa shape index (κ2) is 6.87. The van der Waals surface area contributed by atoms with Crippen LogP contribution < -0.4 is 5.32 Å². The Morgan fingerprint density at radius 2 is 2.12 bits per heavy atom. The average molecular weight is 244 g/mol. The van der Waals surface area contributed by atoms with Crippen molar-refractivity contribution in [2.75, 3.05) is 6.54 Å². The van der Waals surface area contributed by atoms with E-state index in [1.54, 1.807) is 6.07 Å². The number of hydrogen-bond donors (Lipinski definition) is 1. The van der Waals surface area contributed by atoms with Gasteiger partial charge in [0.2, 0.25) is 0 Å². The van der Waals surface area contributed by atoms with E-state index < -0.39 is 0 Å². The van der Waals surface area contributed by atoms with Gasteiger partial charge in [0.15, 0.2) is 0 Å². The fraction of sp³-hybridized carbons (Fsp3) is 0.538. The molecule has 16 heavy (non-hydrogen) atoms. The maximum absolute atomic E-state index is 13.2. The van der Waals surface area contributed by atoms with E-state index >= 15 is 0 Å². The molecule has 1 unspecified atom stereocenters. The molecule has 0 aliphatic rings. The van der Waals surface area contributed by atoms with Crippen molar-refractivity contribution in [3.63, 3.8) is 0 Å². The van der Waals surface area contributed by atoms with Gasteiger partial charge in [-0.3, -0.25) is 0 Å². The molecule has 0 radical (unpaired) electrons. The molecule has 0 aliphatic heterocycles. The number of rotatable bonds is 6. The van der Waals surface area contributed by atoms with Crippen LogP contribution in [0.5, 0.6) is 0 Å². The van der Waals surface area contributed by atoms with E-state index in [1.165, 1.54) is 12.1 Å². The third-order valence-corrected chi connectivity index (χ3v) is 2.97. The summed E-state index contributed by atoms with van der Waals surface area (Å²) in [6.07, 6.45) is 3.24. The van der Waals surface area contributed by atoms with Crippen LogP contribution in [0.25, 0.3) is 0 Å². The minimum atomic E-state index is -0.223. The Balaban J connectivity index is 2.85.